The van der Waals surface area contributed by atoms with Gasteiger partial charge < -0.3 is 0 Å². The van der Waals surface area contributed by atoms with Crippen molar-refractivity contribution in [3.63, 3.8) is 0 Å². The maximum Gasteiger partial charge on any atom is -0.00259 e. The molecule has 0 unspecified atom stereocenters. The molecule has 0 heteroatoms. The van der Waals surface area contributed by atoms with Crippen LogP contribution in [0.25, 0.3) is 87.2 Å². The highest BCUT2D eigenvalue weighted by Crippen LogP contribution is 2.46. The SMILES string of the molecule is c1ccc(-c2ccc3c(-c4ccc5ccc6ccccc6c5c4)c4ccccc4c(-c4ccc5ccccc5c4)c3c2)cc1. The Hall–Kier alpha value is -5.72. The van der Waals surface area contributed by atoms with Gasteiger partial charge in [0, 0.05) is 0 Å². The van der Waals surface area contributed by atoms with Gasteiger partial charge in [-0.25, -0.2) is 0 Å². The molecule has 204 valence electrons. The van der Waals surface area contributed by atoms with E-state index in [1.807, 2.05) is 0 Å². The Morgan fingerprint density at radius 3 is 1.45 bits per heavy atom. The first-order valence-corrected chi connectivity index (χ1v) is 15.3. The lowest BCUT2D eigenvalue weighted by atomic mass is 9.84. The molecule has 0 N–H and O–H groups in total. The summed E-state index contributed by atoms with van der Waals surface area (Å²) in [7, 11) is 0. The van der Waals surface area contributed by atoms with Crippen molar-refractivity contribution in [3.8, 4) is 33.4 Å². The van der Waals surface area contributed by atoms with E-state index in [1.165, 1.54) is 87.2 Å². The highest BCUT2D eigenvalue weighted by Gasteiger charge is 2.18. The molecule has 0 spiro atoms. The van der Waals surface area contributed by atoms with Crippen LogP contribution in [0.2, 0.25) is 0 Å². The summed E-state index contributed by atoms with van der Waals surface area (Å²) in [5.41, 5.74) is 7.51. The van der Waals surface area contributed by atoms with Gasteiger partial charge in [0.05, 0.1) is 0 Å². The molecule has 0 nitrogen and oxygen atoms in total. The number of benzene rings is 9. The zero-order valence-electron chi connectivity index (χ0n) is 24.2. The fourth-order valence-corrected chi connectivity index (χ4v) is 7.11. The molecule has 0 bridgehead atoms. The van der Waals surface area contributed by atoms with Gasteiger partial charge >= 0.3 is 0 Å². The first-order valence-electron chi connectivity index (χ1n) is 15.3. The van der Waals surface area contributed by atoms with Crippen LogP contribution in [0.1, 0.15) is 0 Å². The summed E-state index contributed by atoms with van der Waals surface area (Å²) < 4.78 is 0. The molecule has 0 aromatic heterocycles. The first-order chi connectivity index (χ1) is 21.8. The molecule has 0 saturated heterocycles. The number of fused-ring (bicyclic) bond motifs is 6. The van der Waals surface area contributed by atoms with Crippen LogP contribution in [0.4, 0.5) is 0 Å². The summed E-state index contributed by atoms with van der Waals surface area (Å²) in [6, 6.07) is 62.4. The van der Waals surface area contributed by atoms with Crippen LogP contribution < -0.4 is 0 Å². The Bertz CT molecular complexity index is 2540. The molecule has 0 saturated carbocycles. The molecule has 0 radical (unpaired) electrons. The summed E-state index contributed by atoms with van der Waals surface area (Å²) in [4.78, 5) is 0. The van der Waals surface area contributed by atoms with Gasteiger partial charge in [0.2, 0.25) is 0 Å². The third-order valence-electron chi connectivity index (χ3n) is 9.20. The van der Waals surface area contributed by atoms with Gasteiger partial charge in [-0.2, -0.15) is 0 Å². The van der Waals surface area contributed by atoms with Gasteiger partial charge in [0.25, 0.3) is 0 Å². The van der Waals surface area contributed by atoms with Crippen LogP contribution in [0.15, 0.2) is 170 Å². The molecule has 0 aliphatic rings. The minimum atomic E-state index is 1.23. The van der Waals surface area contributed by atoms with Crippen molar-refractivity contribution in [1.82, 2.24) is 0 Å². The van der Waals surface area contributed by atoms with Crippen LogP contribution in [0.5, 0.6) is 0 Å². The lowest BCUT2D eigenvalue weighted by Crippen LogP contribution is -1.92. The quantitative estimate of drug-likeness (QED) is 0.150. The van der Waals surface area contributed by atoms with Crippen LogP contribution in [0.3, 0.4) is 0 Å². The van der Waals surface area contributed by atoms with E-state index in [9.17, 15) is 0 Å². The van der Waals surface area contributed by atoms with Gasteiger partial charge in [0.15, 0.2) is 0 Å². The molecule has 44 heavy (non-hydrogen) atoms. The molecule has 0 fully saturated rings. The van der Waals surface area contributed by atoms with Crippen molar-refractivity contribution in [3.05, 3.63) is 170 Å². The third kappa shape index (κ3) is 3.92. The second-order valence-electron chi connectivity index (χ2n) is 11.7. The maximum absolute atomic E-state index is 2.40. The lowest BCUT2D eigenvalue weighted by molar-refractivity contribution is 1.64. The molecule has 9 aromatic carbocycles. The van der Waals surface area contributed by atoms with Crippen LogP contribution in [0, 0.1) is 0 Å². The van der Waals surface area contributed by atoms with Crippen molar-refractivity contribution in [2.75, 3.05) is 0 Å². The standard InChI is InChI=1S/C44H28/c1-2-10-29(11-3-1)34-24-25-40-42(27-34)44(35-22-18-30-12-4-5-14-33(30)26-35)39-17-9-8-16-38(39)43(40)36-23-21-32-20-19-31-13-6-7-15-37(31)41(32)28-36/h1-28H. The Morgan fingerprint density at radius 1 is 0.205 bits per heavy atom. The largest absolute Gasteiger partial charge is 0.0622 e. The third-order valence-corrected chi connectivity index (χ3v) is 9.20. The summed E-state index contributed by atoms with van der Waals surface area (Å²) in [6.07, 6.45) is 0. The topological polar surface area (TPSA) is 0 Å². The van der Waals surface area contributed by atoms with Gasteiger partial charge in [-0.05, 0) is 105 Å². The second kappa shape index (κ2) is 9.93. The summed E-state index contributed by atoms with van der Waals surface area (Å²) in [5, 5.41) is 12.7. The molecule has 9 rings (SSSR count). The highest BCUT2D eigenvalue weighted by atomic mass is 14.2. The predicted octanol–water partition coefficient (Wildman–Crippen LogP) is 12.5. The average molecular weight is 557 g/mol. The van der Waals surface area contributed by atoms with Crippen LogP contribution >= 0.6 is 0 Å². The molecule has 0 atom stereocenters. The van der Waals surface area contributed by atoms with Gasteiger partial charge in [-0.1, -0.05) is 152 Å². The fraction of sp³-hybridized carbons (Fsp3) is 0. The molecular weight excluding hydrogens is 528 g/mol. The van der Waals surface area contributed by atoms with E-state index >= 15 is 0 Å². The van der Waals surface area contributed by atoms with Gasteiger partial charge in [-0.3, -0.25) is 0 Å². The Kier molecular flexibility index (Phi) is 5.61. The van der Waals surface area contributed by atoms with Crippen molar-refractivity contribution in [2.45, 2.75) is 0 Å². The molecule has 0 amide bonds. The number of hydrogen-bond donors (Lipinski definition) is 0. The molecule has 0 heterocycles. The molecular formula is C44H28. The zero-order chi connectivity index (χ0) is 29.0. The van der Waals surface area contributed by atoms with E-state index < -0.39 is 0 Å². The van der Waals surface area contributed by atoms with E-state index in [1.54, 1.807) is 0 Å². The normalized spacial score (nSPS) is 11.6. The Balaban J connectivity index is 1.41. The Morgan fingerprint density at radius 2 is 0.682 bits per heavy atom. The van der Waals surface area contributed by atoms with Gasteiger partial charge in [0.1, 0.15) is 0 Å². The second-order valence-corrected chi connectivity index (χ2v) is 11.7. The zero-order valence-corrected chi connectivity index (χ0v) is 24.2. The van der Waals surface area contributed by atoms with Crippen molar-refractivity contribution in [2.24, 2.45) is 0 Å². The predicted molar refractivity (Wildman–Crippen MR) is 190 cm³/mol. The molecule has 0 aliphatic carbocycles. The molecule has 9 aromatic rings. The maximum atomic E-state index is 2.40. The van der Waals surface area contributed by atoms with Crippen molar-refractivity contribution in [1.29, 1.82) is 0 Å². The van der Waals surface area contributed by atoms with E-state index in [4.69, 9.17) is 0 Å². The van der Waals surface area contributed by atoms with Crippen LogP contribution in [-0.2, 0) is 0 Å². The number of rotatable bonds is 3. The summed E-state index contributed by atoms with van der Waals surface area (Å²) in [5.74, 6) is 0. The van der Waals surface area contributed by atoms with Gasteiger partial charge in [-0.15, -0.1) is 0 Å². The van der Waals surface area contributed by atoms with E-state index in [-0.39, 0.29) is 0 Å². The minimum absolute atomic E-state index is 1.23. The fourth-order valence-electron chi connectivity index (χ4n) is 7.11. The van der Waals surface area contributed by atoms with E-state index in [2.05, 4.69) is 170 Å². The summed E-state index contributed by atoms with van der Waals surface area (Å²) >= 11 is 0. The smallest absolute Gasteiger partial charge is 0.00259 e. The highest BCUT2D eigenvalue weighted by molar-refractivity contribution is 6.23. The van der Waals surface area contributed by atoms with E-state index in [0.717, 1.165) is 0 Å². The van der Waals surface area contributed by atoms with Crippen molar-refractivity contribution >= 4 is 53.9 Å². The van der Waals surface area contributed by atoms with Crippen LogP contribution in [-0.4, -0.2) is 0 Å². The van der Waals surface area contributed by atoms with Crippen molar-refractivity contribution < 1.29 is 0 Å². The number of hydrogen-bond acceptors (Lipinski definition) is 0. The Labute approximate surface area is 256 Å². The lowest BCUT2D eigenvalue weighted by Gasteiger charge is -2.19. The molecule has 0 aliphatic heterocycles. The minimum Gasteiger partial charge on any atom is -0.0622 e. The van der Waals surface area contributed by atoms with E-state index in [0.29, 0.717) is 0 Å². The average Bonchev–Trinajstić information content (AvgIpc) is 3.10. The monoisotopic (exact) mass is 556 g/mol. The summed E-state index contributed by atoms with van der Waals surface area (Å²) in [6.45, 7) is 0. The first kappa shape index (κ1) is 24.8.